The summed E-state index contributed by atoms with van der Waals surface area (Å²) in [6.45, 7) is 9.03. The number of anilines is 1. The summed E-state index contributed by atoms with van der Waals surface area (Å²) in [5, 5.41) is 11.6. The van der Waals surface area contributed by atoms with E-state index in [0.717, 1.165) is 37.2 Å². The zero-order valence-corrected chi connectivity index (χ0v) is 13.8. The zero-order valence-electron chi connectivity index (χ0n) is 13.8. The quantitative estimate of drug-likeness (QED) is 0.852. The Bertz CT molecular complexity index is 624. The number of nitrogens with one attached hydrogen (secondary N) is 1. The van der Waals surface area contributed by atoms with Crippen LogP contribution in [0.25, 0.3) is 0 Å². The van der Waals surface area contributed by atoms with Crippen molar-refractivity contribution in [2.75, 3.05) is 5.32 Å². The van der Waals surface area contributed by atoms with E-state index in [0.29, 0.717) is 11.7 Å². The third-order valence-electron chi connectivity index (χ3n) is 3.88. The molecule has 2 aromatic heterocycles. The fourth-order valence-electron chi connectivity index (χ4n) is 2.60. The molecule has 0 aromatic carbocycles. The second-order valence-corrected chi connectivity index (χ2v) is 5.48. The Labute approximate surface area is 131 Å². The fourth-order valence-corrected chi connectivity index (χ4v) is 2.60. The van der Waals surface area contributed by atoms with E-state index in [4.69, 9.17) is 0 Å². The maximum Gasteiger partial charge on any atom is 0.275 e. The smallest absolute Gasteiger partial charge is 0.275 e. The van der Waals surface area contributed by atoms with Gasteiger partial charge in [-0.15, -0.1) is 0 Å². The van der Waals surface area contributed by atoms with Gasteiger partial charge in [-0.2, -0.15) is 10.2 Å². The lowest BCUT2D eigenvalue weighted by Crippen LogP contribution is -2.21. The predicted octanol–water partition coefficient (Wildman–Crippen LogP) is 3.41. The Morgan fingerprint density at radius 3 is 2.64 bits per heavy atom. The number of rotatable bonds is 7. The monoisotopic (exact) mass is 303 g/mol. The third kappa shape index (κ3) is 3.21. The molecule has 0 atom stereocenters. The van der Waals surface area contributed by atoms with E-state index in [9.17, 15) is 4.79 Å². The van der Waals surface area contributed by atoms with Gasteiger partial charge in [0.15, 0.2) is 0 Å². The van der Waals surface area contributed by atoms with Crippen molar-refractivity contribution in [1.82, 2.24) is 19.6 Å². The van der Waals surface area contributed by atoms with Crippen LogP contribution >= 0.6 is 0 Å². The highest BCUT2D eigenvalue weighted by molar-refractivity contribution is 6.02. The Kier molecular flexibility index (Phi) is 5.35. The largest absolute Gasteiger partial charge is 0.305 e. The molecule has 0 spiro atoms. The highest BCUT2D eigenvalue weighted by Crippen LogP contribution is 2.24. The molecule has 1 amide bonds. The molecule has 0 aliphatic carbocycles. The van der Waals surface area contributed by atoms with E-state index in [2.05, 4.69) is 36.3 Å². The molecule has 2 heterocycles. The average Bonchev–Trinajstić information content (AvgIpc) is 3.10. The predicted molar refractivity (Wildman–Crippen MR) is 87.1 cm³/mol. The minimum absolute atomic E-state index is 0.137. The van der Waals surface area contributed by atoms with Gasteiger partial charge in [0.2, 0.25) is 0 Å². The molecule has 120 valence electrons. The molecule has 6 nitrogen and oxygen atoms in total. The summed E-state index contributed by atoms with van der Waals surface area (Å²) in [6, 6.07) is 2.04. The van der Waals surface area contributed by atoms with Crippen LogP contribution in [0.2, 0.25) is 0 Å². The van der Waals surface area contributed by atoms with Gasteiger partial charge in [0.1, 0.15) is 11.5 Å². The standard InChI is InChI=1S/C16H25N5O/c1-5-10-20-14(8-9-17-20)16(22)19-15-12(4)11-18-21(15)13(6-2)7-3/h8-9,11,13H,5-7,10H2,1-4H3,(H,19,22). The van der Waals surface area contributed by atoms with Crippen LogP contribution in [0.15, 0.2) is 18.5 Å². The second kappa shape index (κ2) is 7.24. The molecule has 1 N–H and O–H groups in total. The van der Waals surface area contributed by atoms with E-state index in [-0.39, 0.29) is 5.91 Å². The summed E-state index contributed by atoms with van der Waals surface area (Å²) in [5.41, 5.74) is 1.56. The van der Waals surface area contributed by atoms with Gasteiger partial charge in [0.25, 0.3) is 5.91 Å². The molecule has 0 aliphatic rings. The van der Waals surface area contributed by atoms with Crippen molar-refractivity contribution in [1.29, 1.82) is 0 Å². The lowest BCUT2D eigenvalue weighted by Gasteiger charge is -2.17. The van der Waals surface area contributed by atoms with E-state index in [1.165, 1.54) is 0 Å². The first kappa shape index (κ1) is 16.3. The zero-order chi connectivity index (χ0) is 16.1. The number of aromatic nitrogens is 4. The van der Waals surface area contributed by atoms with Crippen molar-refractivity contribution in [3.8, 4) is 0 Å². The van der Waals surface area contributed by atoms with Crippen molar-refractivity contribution >= 4 is 11.7 Å². The van der Waals surface area contributed by atoms with Gasteiger partial charge >= 0.3 is 0 Å². The highest BCUT2D eigenvalue weighted by Gasteiger charge is 2.19. The van der Waals surface area contributed by atoms with Crippen molar-refractivity contribution in [2.45, 2.75) is 59.5 Å². The number of hydrogen-bond acceptors (Lipinski definition) is 3. The molecule has 22 heavy (non-hydrogen) atoms. The minimum Gasteiger partial charge on any atom is -0.305 e. The van der Waals surface area contributed by atoms with Crippen molar-refractivity contribution < 1.29 is 4.79 Å². The van der Waals surface area contributed by atoms with Crippen molar-refractivity contribution in [3.63, 3.8) is 0 Å². The molecule has 0 saturated heterocycles. The summed E-state index contributed by atoms with van der Waals surface area (Å²) in [4.78, 5) is 12.6. The molecule has 0 radical (unpaired) electrons. The van der Waals surface area contributed by atoms with Crippen LogP contribution in [0, 0.1) is 6.92 Å². The van der Waals surface area contributed by atoms with Crippen LogP contribution in [0.4, 0.5) is 5.82 Å². The van der Waals surface area contributed by atoms with Gasteiger partial charge in [0.05, 0.1) is 12.2 Å². The van der Waals surface area contributed by atoms with E-state index < -0.39 is 0 Å². The minimum atomic E-state index is -0.137. The van der Waals surface area contributed by atoms with Crippen LogP contribution in [-0.2, 0) is 6.54 Å². The lowest BCUT2D eigenvalue weighted by atomic mass is 10.2. The summed E-state index contributed by atoms with van der Waals surface area (Å²) >= 11 is 0. The lowest BCUT2D eigenvalue weighted by molar-refractivity contribution is 0.101. The molecular weight excluding hydrogens is 278 g/mol. The molecule has 2 rings (SSSR count). The van der Waals surface area contributed by atoms with Crippen LogP contribution < -0.4 is 5.32 Å². The number of hydrogen-bond donors (Lipinski definition) is 1. The Morgan fingerprint density at radius 2 is 2.00 bits per heavy atom. The van der Waals surface area contributed by atoms with Crippen LogP contribution in [0.3, 0.4) is 0 Å². The number of aryl methyl sites for hydroxylation is 2. The number of amides is 1. The van der Waals surface area contributed by atoms with Crippen LogP contribution in [0.5, 0.6) is 0 Å². The summed E-state index contributed by atoms with van der Waals surface area (Å²) in [5.74, 6) is 0.643. The van der Waals surface area contributed by atoms with Gasteiger partial charge in [0, 0.05) is 18.3 Å². The maximum atomic E-state index is 12.6. The van der Waals surface area contributed by atoms with Gasteiger partial charge in [-0.1, -0.05) is 20.8 Å². The second-order valence-electron chi connectivity index (χ2n) is 5.48. The van der Waals surface area contributed by atoms with E-state index in [1.54, 1.807) is 23.1 Å². The van der Waals surface area contributed by atoms with Gasteiger partial charge in [-0.25, -0.2) is 4.68 Å². The molecule has 0 unspecified atom stereocenters. The van der Waals surface area contributed by atoms with E-state index >= 15 is 0 Å². The Hall–Kier alpha value is -2.11. The maximum absolute atomic E-state index is 12.6. The molecule has 0 aliphatic heterocycles. The summed E-state index contributed by atoms with van der Waals surface area (Å²) in [6.07, 6.45) is 6.36. The molecule has 0 saturated carbocycles. The molecule has 0 fully saturated rings. The highest BCUT2D eigenvalue weighted by atomic mass is 16.2. The SMILES string of the molecule is CCCn1nccc1C(=O)Nc1c(C)cnn1C(CC)CC. The topological polar surface area (TPSA) is 64.7 Å². The summed E-state index contributed by atoms with van der Waals surface area (Å²) < 4.78 is 3.66. The van der Waals surface area contributed by atoms with Gasteiger partial charge in [-0.05, 0) is 32.3 Å². The first-order chi connectivity index (χ1) is 10.6. The Morgan fingerprint density at radius 1 is 1.27 bits per heavy atom. The number of nitrogens with zero attached hydrogens (tertiary/aromatic N) is 4. The summed E-state index contributed by atoms with van der Waals surface area (Å²) in [7, 11) is 0. The van der Waals surface area contributed by atoms with Crippen LogP contribution in [0.1, 0.15) is 62.1 Å². The Balaban J connectivity index is 2.25. The normalized spacial score (nSPS) is 11.1. The molecule has 0 bridgehead atoms. The number of carbonyl (C=O) groups excluding carboxylic acids is 1. The van der Waals surface area contributed by atoms with Crippen molar-refractivity contribution in [3.05, 3.63) is 29.7 Å². The molecule has 6 heteroatoms. The van der Waals surface area contributed by atoms with Crippen molar-refractivity contribution in [2.24, 2.45) is 0 Å². The van der Waals surface area contributed by atoms with Gasteiger partial charge in [-0.3, -0.25) is 9.48 Å². The van der Waals surface area contributed by atoms with Crippen LogP contribution in [-0.4, -0.2) is 25.5 Å². The fraction of sp³-hybridized carbons (Fsp3) is 0.562. The van der Waals surface area contributed by atoms with Gasteiger partial charge < -0.3 is 5.32 Å². The van der Waals surface area contributed by atoms with E-state index in [1.807, 2.05) is 11.6 Å². The number of carbonyl (C=O) groups is 1. The first-order valence-electron chi connectivity index (χ1n) is 7.99. The average molecular weight is 303 g/mol. The first-order valence-corrected chi connectivity index (χ1v) is 7.99. The molecule has 2 aromatic rings. The third-order valence-corrected chi connectivity index (χ3v) is 3.88. The molecular formula is C16H25N5O.